The average molecular weight is 275 g/mol. The molecule has 0 atom stereocenters. The molecule has 112 valence electrons. The Kier molecular flexibility index (Phi) is 5.90. The minimum Gasteiger partial charge on any atom is -0.497 e. The Bertz CT molecular complexity index is 396. The first-order valence-electron chi connectivity index (χ1n) is 8.06. The Morgan fingerprint density at radius 3 is 2.75 bits per heavy atom. The van der Waals surface area contributed by atoms with Crippen molar-refractivity contribution in [2.45, 2.75) is 57.9 Å². The maximum absolute atomic E-state index is 5.30. The quantitative estimate of drug-likeness (QED) is 0.712. The summed E-state index contributed by atoms with van der Waals surface area (Å²) in [7, 11) is 1.74. The van der Waals surface area contributed by atoms with Gasteiger partial charge in [0.15, 0.2) is 0 Å². The molecule has 0 aromatic heterocycles. The van der Waals surface area contributed by atoms with Gasteiger partial charge in [0.05, 0.1) is 7.11 Å². The zero-order valence-corrected chi connectivity index (χ0v) is 13.2. The topological polar surface area (TPSA) is 21.3 Å². The molecule has 0 heterocycles. The van der Waals surface area contributed by atoms with Crippen LogP contribution in [0.5, 0.6) is 5.75 Å². The third kappa shape index (κ3) is 4.52. The number of benzene rings is 1. The van der Waals surface area contributed by atoms with Crippen LogP contribution in [0.3, 0.4) is 0 Å². The lowest BCUT2D eigenvalue weighted by molar-refractivity contribution is 0.288. The van der Waals surface area contributed by atoms with Gasteiger partial charge in [-0.05, 0) is 55.3 Å². The molecule has 2 rings (SSSR count). The molecule has 1 aromatic rings. The van der Waals surface area contributed by atoms with Gasteiger partial charge in [-0.15, -0.1) is 0 Å². The van der Waals surface area contributed by atoms with Gasteiger partial charge in [0.2, 0.25) is 0 Å². The van der Waals surface area contributed by atoms with Crippen LogP contribution in [-0.4, -0.2) is 19.7 Å². The lowest BCUT2D eigenvalue weighted by Crippen LogP contribution is -2.40. The van der Waals surface area contributed by atoms with E-state index in [1.807, 2.05) is 6.07 Å². The van der Waals surface area contributed by atoms with Gasteiger partial charge in [-0.1, -0.05) is 38.8 Å². The molecular weight excluding hydrogens is 246 g/mol. The molecule has 0 aliphatic heterocycles. The van der Waals surface area contributed by atoms with E-state index in [1.165, 1.54) is 44.2 Å². The number of unbranched alkanes of at least 4 members (excludes halogenated alkanes) is 1. The monoisotopic (exact) mass is 275 g/mol. The molecule has 0 radical (unpaired) electrons. The lowest BCUT2D eigenvalue weighted by Gasteiger charge is -2.36. The molecule has 0 unspecified atom stereocenters. The molecule has 1 aliphatic carbocycles. The van der Waals surface area contributed by atoms with Crippen molar-refractivity contribution >= 4 is 0 Å². The second-order valence-corrected chi connectivity index (χ2v) is 6.49. The lowest BCUT2D eigenvalue weighted by atomic mass is 9.76. The van der Waals surface area contributed by atoms with Crippen molar-refractivity contribution in [3.63, 3.8) is 0 Å². The fourth-order valence-corrected chi connectivity index (χ4v) is 2.94. The van der Waals surface area contributed by atoms with E-state index in [1.54, 1.807) is 7.11 Å². The Hall–Kier alpha value is -1.02. The van der Waals surface area contributed by atoms with E-state index < -0.39 is 0 Å². The van der Waals surface area contributed by atoms with Crippen LogP contribution >= 0.6 is 0 Å². The van der Waals surface area contributed by atoms with Gasteiger partial charge in [-0.25, -0.2) is 0 Å². The molecule has 1 aliphatic rings. The Balaban J connectivity index is 1.62. The number of hydrogen-bond acceptors (Lipinski definition) is 2. The summed E-state index contributed by atoms with van der Waals surface area (Å²) in [5.74, 6) is 2.54. The predicted octanol–water partition coefficient (Wildman–Crippen LogP) is 4.36. The van der Waals surface area contributed by atoms with Crippen LogP contribution in [0, 0.1) is 5.92 Å². The van der Waals surface area contributed by atoms with Crippen molar-refractivity contribution in [3.8, 4) is 5.75 Å². The normalized spacial score (nSPS) is 21.8. The minimum atomic E-state index is 0.721. The molecule has 0 saturated heterocycles. The van der Waals surface area contributed by atoms with Crippen molar-refractivity contribution in [1.82, 2.24) is 5.32 Å². The maximum Gasteiger partial charge on any atom is 0.119 e. The number of nitrogens with one attached hydrogen (secondary N) is 1. The van der Waals surface area contributed by atoms with E-state index in [9.17, 15) is 0 Å². The molecule has 1 N–H and O–H groups in total. The molecule has 1 fully saturated rings. The minimum absolute atomic E-state index is 0.721. The fraction of sp³-hybridized carbons (Fsp3) is 0.667. The SMILES string of the molecule is COc1cccc(C2CC(NCCCCC(C)C)C2)c1. The van der Waals surface area contributed by atoms with Crippen LogP contribution in [0.4, 0.5) is 0 Å². The predicted molar refractivity (Wildman–Crippen MR) is 85.4 cm³/mol. The van der Waals surface area contributed by atoms with E-state index in [2.05, 4.69) is 37.4 Å². The molecule has 0 amide bonds. The summed E-state index contributed by atoms with van der Waals surface area (Å²) in [6.07, 6.45) is 6.59. The highest BCUT2D eigenvalue weighted by Crippen LogP contribution is 2.37. The highest BCUT2D eigenvalue weighted by Gasteiger charge is 2.29. The van der Waals surface area contributed by atoms with Crippen LogP contribution in [0.2, 0.25) is 0 Å². The Morgan fingerprint density at radius 2 is 2.05 bits per heavy atom. The van der Waals surface area contributed by atoms with Crippen LogP contribution < -0.4 is 10.1 Å². The maximum atomic E-state index is 5.30. The molecule has 20 heavy (non-hydrogen) atoms. The summed E-state index contributed by atoms with van der Waals surface area (Å²) in [5.41, 5.74) is 1.43. The smallest absolute Gasteiger partial charge is 0.119 e. The van der Waals surface area contributed by atoms with Crippen LogP contribution in [0.1, 0.15) is 57.4 Å². The van der Waals surface area contributed by atoms with Crippen molar-refractivity contribution in [1.29, 1.82) is 0 Å². The molecule has 1 aromatic carbocycles. The van der Waals surface area contributed by atoms with E-state index >= 15 is 0 Å². The molecular formula is C18H29NO. The van der Waals surface area contributed by atoms with E-state index in [0.717, 1.165) is 23.6 Å². The fourth-order valence-electron chi connectivity index (χ4n) is 2.94. The zero-order valence-electron chi connectivity index (χ0n) is 13.2. The van der Waals surface area contributed by atoms with Gasteiger partial charge >= 0.3 is 0 Å². The molecule has 2 heteroatoms. The Labute approximate surface area is 123 Å². The zero-order chi connectivity index (χ0) is 14.4. The highest BCUT2D eigenvalue weighted by atomic mass is 16.5. The first-order chi connectivity index (χ1) is 9.69. The van der Waals surface area contributed by atoms with Gasteiger partial charge < -0.3 is 10.1 Å². The van der Waals surface area contributed by atoms with Crippen molar-refractivity contribution in [3.05, 3.63) is 29.8 Å². The van der Waals surface area contributed by atoms with Crippen molar-refractivity contribution < 1.29 is 4.74 Å². The molecule has 0 spiro atoms. The Morgan fingerprint density at radius 1 is 1.25 bits per heavy atom. The van der Waals surface area contributed by atoms with Crippen molar-refractivity contribution in [2.24, 2.45) is 5.92 Å². The number of methoxy groups -OCH3 is 1. The van der Waals surface area contributed by atoms with E-state index in [0.29, 0.717) is 0 Å². The second kappa shape index (κ2) is 7.68. The summed E-state index contributed by atoms with van der Waals surface area (Å²) in [6.45, 7) is 5.79. The van der Waals surface area contributed by atoms with Gasteiger partial charge in [0.25, 0.3) is 0 Å². The summed E-state index contributed by atoms with van der Waals surface area (Å²) in [4.78, 5) is 0. The van der Waals surface area contributed by atoms with Gasteiger partial charge in [-0.2, -0.15) is 0 Å². The molecule has 0 bridgehead atoms. The highest BCUT2D eigenvalue weighted by molar-refractivity contribution is 5.32. The van der Waals surface area contributed by atoms with Crippen LogP contribution in [0.15, 0.2) is 24.3 Å². The summed E-state index contributed by atoms with van der Waals surface area (Å²) in [5, 5.41) is 3.69. The number of ether oxygens (including phenoxy) is 1. The van der Waals surface area contributed by atoms with Crippen LogP contribution in [-0.2, 0) is 0 Å². The third-order valence-electron chi connectivity index (χ3n) is 4.34. The molecule has 1 saturated carbocycles. The summed E-state index contributed by atoms with van der Waals surface area (Å²) in [6, 6.07) is 9.26. The number of rotatable bonds is 8. The van der Waals surface area contributed by atoms with Gasteiger partial charge in [0, 0.05) is 6.04 Å². The first-order valence-corrected chi connectivity index (χ1v) is 8.06. The summed E-state index contributed by atoms with van der Waals surface area (Å²) >= 11 is 0. The first kappa shape index (κ1) is 15.4. The van der Waals surface area contributed by atoms with Gasteiger partial charge in [0.1, 0.15) is 5.75 Å². The average Bonchev–Trinajstić information content (AvgIpc) is 2.40. The summed E-state index contributed by atoms with van der Waals surface area (Å²) < 4.78 is 5.30. The third-order valence-corrected chi connectivity index (χ3v) is 4.34. The second-order valence-electron chi connectivity index (χ2n) is 6.49. The van der Waals surface area contributed by atoms with Crippen molar-refractivity contribution in [2.75, 3.05) is 13.7 Å². The van der Waals surface area contributed by atoms with Gasteiger partial charge in [-0.3, -0.25) is 0 Å². The standard InChI is InChI=1S/C18H29NO/c1-14(2)7-4-5-10-19-17-11-16(12-17)15-8-6-9-18(13-15)20-3/h6,8-9,13-14,16-17,19H,4-5,7,10-12H2,1-3H3. The van der Waals surface area contributed by atoms with E-state index in [4.69, 9.17) is 4.74 Å². The number of hydrogen-bond donors (Lipinski definition) is 1. The van der Waals surface area contributed by atoms with E-state index in [-0.39, 0.29) is 0 Å². The van der Waals surface area contributed by atoms with Crippen LogP contribution in [0.25, 0.3) is 0 Å². The largest absolute Gasteiger partial charge is 0.497 e. The molecule has 2 nitrogen and oxygen atoms in total.